The van der Waals surface area contributed by atoms with Gasteiger partial charge in [-0.05, 0) is 48.4 Å². The van der Waals surface area contributed by atoms with Gasteiger partial charge in [-0.2, -0.15) is 5.10 Å². The zero-order chi connectivity index (χ0) is 22.5. The van der Waals surface area contributed by atoms with E-state index in [0.29, 0.717) is 13.3 Å². The molecule has 1 fully saturated rings. The number of fused-ring (bicyclic) bond motifs is 1. The third kappa shape index (κ3) is 5.79. The summed E-state index contributed by atoms with van der Waals surface area (Å²) in [7, 11) is 0. The Morgan fingerprint density at radius 2 is 1.88 bits per heavy atom. The molecule has 0 aliphatic carbocycles. The fraction of sp³-hybridized carbons (Fsp3) is 0.375. The molecule has 0 atom stereocenters. The Balaban J connectivity index is 0.00000274. The molecule has 10 heteroatoms. The molecule has 0 amide bonds. The highest BCUT2D eigenvalue weighted by Crippen LogP contribution is 2.32. The molecule has 1 N–H and O–H groups in total. The van der Waals surface area contributed by atoms with Crippen molar-refractivity contribution in [2.75, 3.05) is 39.5 Å². The summed E-state index contributed by atoms with van der Waals surface area (Å²) < 4.78 is 12.7. The monoisotopic (exact) mass is 575 g/mol. The maximum absolute atomic E-state index is 5.51. The molecule has 0 unspecified atom stereocenters. The van der Waals surface area contributed by atoms with Gasteiger partial charge >= 0.3 is 0 Å². The number of hydrogen-bond donors (Lipinski definition) is 1. The lowest BCUT2D eigenvalue weighted by atomic mass is 10.1. The van der Waals surface area contributed by atoms with Crippen molar-refractivity contribution in [3.8, 4) is 17.3 Å². The molecule has 0 spiro atoms. The van der Waals surface area contributed by atoms with Crippen molar-refractivity contribution in [2.24, 2.45) is 4.99 Å². The van der Waals surface area contributed by atoms with E-state index in [9.17, 15) is 0 Å². The molecule has 1 aromatic carbocycles. The number of nitrogens with one attached hydrogen (secondary N) is 1. The van der Waals surface area contributed by atoms with E-state index in [1.165, 1.54) is 5.56 Å². The third-order valence-corrected chi connectivity index (χ3v) is 5.81. The number of rotatable bonds is 6. The summed E-state index contributed by atoms with van der Waals surface area (Å²) in [5, 5.41) is 7.71. The van der Waals surface area contributed by atoms with Gasteiger partial charge in [-0.15, -0.1) is 24.0 Å². The minimum Gasteiger partial charge on any atom is -0.454 e. The Labute approximate surface area is 216 Å². The van der Waals surface area contributed by atoms with Crippen LogP contribution in [0.3, 0.4) is 0 Å². The van der Waals surface area contributed by atoms with Crippen LogP contribution in [0.4, 0.5) is 0 Å². The van der Waals surface area contributed by atoms with Gasteiger partial charge in [0, 0.05) is 57.9 Å². The van der Waals surface area contributed by atoms with Crippen molar-refractivity contribution in [3.05, 3.63) is 66.1 Å². The van der Waals surface area contributed by atoms with Crippen molar-refractivity contribution in [1.82, 2.24) is 29.9 Å². The molecule has 0 radical (unpaired) electrons. The van der Waals surface area contributed by atoms with Crippen LogP contribution in [0.1, 0.15) is 18.1 Å². The number of benzene rings is 1. The van der Waals surface area contributed by atoms with Gasteiger partial charge in [-0.1, -0.05) is 6.07 Å². The molecule has 2 aliphatic rings. The number of aliphatic imine (C=N–C) groups is 1. The number of guanidine groups is 1. The van der Waals surface area contributed by atoms with Gasteiger partial charge in [-0.25, -0.2) is 14.7 Å². The fourth-order valence-electron chi connectivity index (χ4n) is 4.10. The first-order valence-electron chi connectivity index (χ1n) is 11.4. The Hall–Kier alpha value is -2.86. The van der Waals surface area contributed by atoms with Gasteiger partial charge in [0.05, 0.1) is 6.54 Å². The van der Waals surface area contributed by atoms with E-state index in [4.69, 9.17) is 14.5 Å². The van der Waals surface area contributed by atoms with E-state index in [1.807, 2.05) is 36.7 Å². The van der Waals surface area contributed by atoms with Crippen molar-refractivity contribution in [1.29, 1.82) is 0 Å². The van der Waals surface area contributed by atoms with E-state index in [0.717, 1.165) is 68.1 Å². The lowest BCUT2D eigenvalue weighted by molar-refractivity contribution is 0.171. The Morgan fingerprint density at radius 1 is 1.03 bits per heavy atom. The molecule has 1 saturated heterocycles. The summed E-state index contributed by atoms with van der Waals surface area (Å²) in [6, 6.07) is 12.1. The van der Waals surface area contributed by atoms with Crippen molar-refractivity contribution in [2.45, 2.75) is 20.0 Å². The Bertz CT molecular complexity index is 1100. The van der Waals surface area contributed by atoms with Crippen molar-refractivity contribution in [3.63, 3.8) is 0 Å². The van der Waals surface area contributed by atoms with Crippen LogP contribution in [-0.4, -0.2) is 70.0 Å². The maximum atomic E-state index is 5.51. The summed E-state index contributed by atoms with van der Waals surface area (Å²) in [5.41, 5.74) is 2.35. The lowest BCUT2D eigenvalue weighted by Gasteiger charge is -2.36. The second-order valence-electron chi connectivity index (χ2n) is 8.09. The fourth-order valence-corrected chi connectivity index (χ4v) is 4.10. The summed E-state index contributed by atoms with van der Waals surface area (Å²) in [6.45, 7) is 8.60. The van der Waals surface area contributed by atoms with Gasteiger partial charge in [0.15, 0.2) is 23.3 Å². The largest absolute Gasteiger partial charge is 0.454 e. The number of pyridine rings is 1. The number of ether oxygens (including phenoxy) is 2. The molecule has 180 valence electrons. The van der Waals surface area contributed by atoms with Gasteiger partial charge in [-0.3, -0.25) is 4.90 Å². The minimum absolute atomic E-state index is 0. The number of piperazine rings is 1. The maximum Gasteiger partial charge on any atom is 0.231 e. The summed E-state index contributed by atoms with van der Waals surface area (Å²) in [6.07, 6.45) is 5.45. The van der Waals surface area contributed by atoms with E-state index in [-0.39, 0.29) is 24.0 Å². The zero-order valence-electron chi connectivity index (χ0n) is 19.3. The first kappa shape index (κ1) is 24.3. The molecule has 0 saturated carbocycles. The summed E-state index contributed by atoms with van der Waals surface area (Å²) in [4.78, 5) is 14.1. The molecule has 34 heavy (non-hydrogen) atoms. The van der Waals surface area contributed by atoms with Gasteiger partial charge in [0.1, 0.15) is 0 Å². The lowest BCUT2D eigenvalue weighted by Crippen LogP contribution is -2.52. The standard InChI is InChI=1S/C24H29N7O2.HI/c1-2-25-24(27-16-19-6-8-26-23(15-19)31-9-3-7-28-31)30-12-10-29(11-13-30)17-20-4-5-21-22(14-20)33-18-32-21;/h3-9,14-15H,2,10-13,16-18H2,1H3,(H,25,27);1H. The molecule has 9 nitrogen and oxygen atoms in total. The minimum atomic E-state index is 0. The molecular formula is C24H30IN7O2. The van der Waals surface area contributed by atoms with Gasteiger partial charge < -0.3 is 19.7 Å². The highest BCUT2D eigenvalue weighted by molar-refractivity contribution is 14.0. The normalized spacial score (nSPS) is 15.8. The molecule has 2 aliphatic heterocycles. The summed E-state index contributed by atoms with van der Waals surface area (Å²) in [5.74, 6) is 3.44. The van der Waals surface area contributed by atoms with Crippen molar-refractivity contribution >= 4 is 29.9 Å². The Morgan fingerprint density at radius 3 is 2.68 bits per heavy atom. The first-order valence-corrected chi connectivity index (χ1v) is 11.4. The van der Waals surface area contributed by atoms with Crippen molar-refractivity contribution < 1.29 is 9.47 Å². The van der Waals surface area contributed by atoms with Crippen LogP contribution in [0.25, 0.3) is 5.82 Å². The van der Waals surface area contributed by atoms with Crippen LogP contribution in [0, 0.1) is 0 Å². The topological polar surface area (TPSA) is 80.0 Å². The Kier molecular flexibility index (Phi) is 8.22. The van der Waals surface area contributed by atoms with E-state index in [2.05, 4.69) is 44.3 Å². The average Bonchev–Trinajstić information content (AvgIpc) is 3.55. The second-order valence-corrected chi connectivity index (χ2v) is 8.09. The van der Waals surface area contributed by atoms with Crippen LogP contribution < -0.4 is 14.8 Å². The number of halogens is 1. The van der Waals surface area contributed by atoms with E-state index in [1.54, 1.807) is 10.9 Å². The smallest absolute Gasteiger partial charge is 0.231 e. The predicted molar refractivity (Wildman–Crippen MR) is 141 cm³/mol. The van der Waals surface area contributed by atoms with Crippen LogP contribution in [-0.2, 0) is 13.1 Å². The highest BCUT2D eigenvalue weighted by Gasteiger charge is 2.21. The van der Waals surface area contributed by atoms with Crippen LogP contribution in [0.15, 0.2) is 60.0 Å². The zero-order valence-corrected chi connectivity index (χ0v) is 21.6. The van der Waals surface area contributed by atoms with Crippen LogP contribution in [0.5, 0.6) is 11.5 Å². The summed E-state index contributed by atoms with van der Waals surface area (Å²) >= 11 is 0. The molecule has 5 rings (SSSR count). The van der Waals surface area contributed by atoms with Crippen LogP contribution >= 0.6 is 24.0 Å². The molecular weight excluding hydrogens is 545 g/mol. The average molecular weight is 575 g/mol. The number of aromatic nitrogens is 3. The number of hydrogen-bond acceptors (Lipinski definition) is 6. The molecule has 2 aromatic heterocycles. The number of nitrogens with zero attached hydrogens (tertiary/aromatic N) is 6. The molecule has 0 bridgehead atoms. The highest BCUT2D eigenvalue weighted by atomic mass is 127. The molecule has 3 aromatic rings. The first-order chi connectivity index (χ1) is 16.3. The van der Waals surface area contributed by atoms with Gasteiger partial charge in [0.25, 0.3) is 0 Å². The quantitative estimate of drug-likeness (QED) is 0.275. The molecule has 4 heterocycles. The van der Waals surface area contributed by atoms with Crippen LogP contribution in [0.2, 0.25) is 0 Å². The van der Waals surface area contributed by atoms with Gasteiger partial charge in [0.2, 0.25) is 6.79 Å². The van der Waals surface area contributed by atoms with E-state index >= 15 is 0 Å². The third-order valence-electron chi connectivity index (χ3n) is 5.81. The predicted octanol–water partition coefficient (Wildman–Crippen LogP) is 2.90. The van der Waals surface area contributed by atoms with E-state index < -0.39 is 0 Å². The SMILES string of the molecule is CCNC(=NCc1ccnc(-n2cccn2)c1)N1CCN(Cc2ccc3c(c2)OCO3)CC1.I. The second kappa shape index (κ2) is 11.5.